The number of esters is 1. The van der Waals surface area contributed by atoms with Gasteiger partial charge in [-0.15, -0.1) is 0 Å². The Morgan fingerprint density at radius 3 is 2.65 bits per heavy atom. The van der Waals surface area contributed by atoms with E-state index in [9.17, 15) is 14.4 Å². The topological polar surface area (TPSA) is 75.7 Å². The molecule has 0 bridgehead atoms. The first kappa shape index (κ1) is 20.5. The molecule has 0 radical (unpaired) electrons. The lowest BCUT2D eigenvalue weighted by Crippen LogP contribution is -2.46. The molecular formula is C20H32N2O4. The standard InChI is InChI=1S/C20H32N2O4/c1-14-8-5-6-9-15(12-17(23)26-20(2,3)4)19(25)22-11-7-10-16(22)13-21-18(14)24/h5-6,14-16H,7-13H2,1-4H3,(H,21,24)/b6-5-/t14-,15-,16-/m0/s1. The normalized spacial score (nSPS) is 29.2. The van der Waals surface area contributed by atoms with E-state index in [1.807, 2.05) is 44.7 Å². The largest absolute Gasteiger partial charge is 0.460 e. The summed E-state index contributed by atoms with van der Waals surface area (Å²) in [6, 6.07) is 0.0168. The summed E-state index contributed by atoms with van der Waals surface area (Å²) in [6.45, 7) is 8.55. The number of allylic oxidation sites excluding steroid dienone is 2. The number of nitrogens with zero attached hydrogens (tertiary/aromatic N) is 1. The minimum atomic E-state index is -0.558. The van der Waals surface area contributed by atoms with Crippen molar-refractivity contribution in [2.45, 2.75) is 71.4 Å². The van der Waals surface area contributed by atoms with Gasteiger partial charge in [-0.25, -0.2) is 0 Å². The van der Waals surface area contributed by atoms with Gasteiger partial charge in [0, 0.05) is 25.0 Å². The van der Waals surface area contributed by atoms with E-state index in [4.69, 9.17) is 4.74 Å². The van der Waals surface area contributed by atoms with Gasteiger partial charge in [0.05, 0.1) is 12.3 Å². The maximum absolute atomic E-state index is 13.1. The Morgan fingerprint density at radius 2 is 1.96 bits per heavy atom. The van der Waals surface area contributed by atoms with Crippen LogP contribution < -0.4 is 5.32 Å². The molecule has 0 saturated carbocycles. The Hall–Kier alpha value is -1.85. The average Bonchev–Trinajstić information content (AvgIpc) is 3.00. The molecule has 0 aromatic rings. The van der Waals surface area contributed by atoms with Crippen LogP contribution in [0.4, 0.5) is 0 Å². The minimum Gasteiger partial charge on any atom is -0.460 e. The van der Waals surface area contributed by atoms with Crippen LogP contribution in [0.5, 0.6) is 0 Å². The fourth-order valence-corrected chi connectivity index (χ4v) is 3.49. The Balaban J connectivity index is 2.15. The van der Waals surface area contributed by atoms with Crippen molar-refractivity contribution < 1.29 is 19.1 Å². The van der Waals surface area contributed by atoms with Crippen molar-refractivity contribution in [3.8, 4) is 0 Å². The maximum Gasteiger partial charge on any atom is 0.307 e. The minimum absolute atomic E-state index is 0.00844. The maximum atomic E-state index is 13.1. The summed E-state index contributed by atoms with van der Waals surface area (Å²) in [7, 11) is 0. The lowest BCUT2D eigenvalue weighted by molar-refractivity contribution is -0.158. The van der Waals surface area contributed by atoms with Gasteiger partial charge in [0.15, 0.2) is 0 Å². The predicted molar refractivity (Wildman–Crippen MR) is 99.2 cm³/mol. The molecular weight excluding hydrogens is 332 g/mol. The zero-order chi connectivity index (χ0) is 19.3. The van der Waals surface area contributed by atoms with Gasteiger partial charge in [-0.05, 0) is 46.5 Å². The van der Waals surface area contributed by atoms with E-state index in [1.165, 1.54) is 0 Å². The van der Waals surface area contributed by atoms with E-state index in [2.05, 4.69) is 5.32 Å². The van der Waals surface area contributed by atoms with Gasteiger partial charge in [0.25, 0.3) is 0 Å². The Kier molecular flexibility index (Phi) is 6.84. The zero-order valence-corrected chi connectivity index (χ0v) is 16.4. The number of hydrogen-bond donors (Lipinski definition) is 1. The molecule has 6 nitrogen and oxygen atoms in total. The zero-order valence-electron chi connectivity index (χ0n) is 16.4. The van der Waals surface area contributed by atoms with Gasteiger partial charge in [0.1, 0.15) is 5.60 Å². The van der Waals surface area contributed by atoms with E-state index >= 15 is 0 Å². The molecule has 2 amide bonds. The van der Waals surface area contributed by atoms with Gasteiger partial charge in [0.2, 0.25) is 11.8 Å². The van der Waals surface area contributed by atoms with Gasteiger partial charge < -0.3 is 15.0 Å². The monoisotopic (exact) mass is 364 g/mol. The first-order valence-corrected chi connectivity index (χ1v) is 9.62. The van der Waals surface area contributed by atoms with Gasteiger partial charge >= 0.3 is 5.97 Å². The van der Waals surface area contributed by atoms with E-state index in [0.717, 1.165) is 12.8 Å². The molecule has 26 heavy (non-hydrogen) atoms. The molecule has 1 saturated heterocycles. The number of fused-ring (bicyclic) bond motifs is 1. The smallest absolute Gasteiger partial charge is 0.307 e. The van der Waals surface area contributed by atoms with E-state index < -0.39 is 11.5 Å². The number of carbonyl (C=O) groups excluding carboxylic acids is 3. The number of ether oxygens (including phenoxy) is 1. The Bertz CT molecular complexity index is 565. The van der Waals surface area contributed by atoms with Crippen molar-refractivity contribution in [2.75, 3.05) is 13.1 Å². The summed E-state index contributed by atoms with van der Waals surface area (Å²) < 4.78 is 5.41. The summed E-state index contributed by atoms with van der Waals surface area (Å²) in [4.78, 5) is 39.3. The molecule has 6 heteroatoms. The summed E-state index contributed by atoms with van der Waals surface area (Å²) in [5, 5.41) is 2.97. The van der Waals surface area contributed by atoms with Crippen LogP contribution in [0.25, 0.3) is 0 Å². The highest BCUT2D eigenvalue weighted by Crippen LogP contribution is 2.24. The van der Waals surface area contributed by atoms with E-state index in [-0.39, 0.29) is 36.2 Å². The van der Waals surface area contributed by atoms with Crippen LogP contribution in [-0.2, 0) is 19.1 Å². The van der Waals surface area contributed by atoms with Crippen LogP contribution in [0, 0.1) is 11.8 Å². The lowest BCUT2D eigenvalue weighted by atomic mass is 9.97. The highest BCUT2D eigenvalue weighted by Gasteiger charge is 2.35. The molecule has 2 heterocycles. The van der Waals surface area contributed by atoms with Crippen molar-refractivity contribution in [3.63, 3.8) is 0 Å². The fourth-order valence-electron chi connectivity index (χ4n) is 3.49. The van der Waals surface area contributed by atoms with Gasteiger partial charge in [-0.2, -0.15) is 0 Å². The molecule has 0 aromatic heterocycles. The third kappa shape index (κ3) is 5.85. The molecule has 3 atom stereocenters. The van der Waals surface area contributed by atoms with Crippen molar-refractivity contribution in [3.05, 3.63) is 12.2 Å². The third-order valence-electron chi connectivity index (χ3n) is 4.88. The van der Waals surface area contributed by atoms with Crippen molar-refractivity contribution >= 4 is 17.8 Å². The van der Waals surface area contributed by atoms with Crippen LogP contribution in [0.3, 0.4) is 0 Å². The van der Waals surface area contributed by atoms with Crippen LogP contribution in [-0.4, -0.2) is 47.4 Å². The second kappa shape index (κ2) is 8.69. The second-order valence-electron chi connectivity index (χ2n) is 8.40. The van der Waals surface area contributed by atoms with Crippen LogP contribution in [0.15, 0.2) is 12.2 Å². The number of carbonyl (C=O) groups is 3. The molecule has 2 aliphatic heterocycles. The molecule has 0 unspecified atom stereocenters. The Morgan fingerprint density at radius 1 is 1.27 bits per heavy atom. The number of hydrogen-bond acceptors (Lipinski definition) is 4. The fraction of sp³-hybridized carbons (Fsp3) is 0.750. The molecule has 0 aromatic carbocycles. The first-order chi connectivity index (χ1) is 12.2. The first-order valence-electron chi connectivity index (χ1n) is 9.62. The number of nitrogens with one attached hydrogen (secondary N) is 1. The third-order valence-corrected chi connectivity index (χ3v) is 4.88. The van der Waals surface area contributed by atoms with Gasteiger partial charge in [-0.3, -0.25) is 14.4 Å². The highest BCUT2D eigenvalue weighted by molar-refractivity contribution is 5.85. The summed E-state index contributed by atoms with van der Waals surface area (Å²) >= 11 is 0. The second-order valence-corrected chi connectivity index (χ2v) is 8.40. The molecule has 0 spiro atoms. The van der Waals surface area contributed by atoms with Crippen LogP contribution in [0.2, 0.25) is 0 Å². The lowest BCUT2D eigenvalue weighted by Gasteiger charge is -2.30. The molecule has 0 aliphatic carbocycles. The molecule has 146 valence electrons. The molecule has 2 rings (SSSR count). The summed E-state index contributed by atoms with van der Waals surface area (Å²) in [5.74, 6) is -0.827. The number of rotatable bonds is 2. The van der Waals surface area contributed by atoms with Crippen molar-refractivity contribution in [1.29, 1.82) is 0 Å². The highest BCUT2D eigenvalue weighted by atomic mass is 16.6. The average molecular weight is 364 g/mol. The molecule has 1 N–H and O–H groups in total. The van der Waals surface area contributed by atoms with Gasteiger partial charge in [-0.1, -0.05) is 19.1 Å². The van der Waals surface area contributed by atoms with Crippen LogP contribution >= 0.6 is 0 Å². The molecule has 2 aliphatic rings. The SMILES string of the molecule is C[C@H]1C/C=C\C[C@@H](CC(=O)OC(C)(C)C)C(=O)N2CCC[C@H]2CNC1=O. The van der Waals surface area contributed by atoms with Crippen molar-refractivity contribution in [2.24, 2.45) is 11.8 Å². The molecule has 1 fully saturated rings. The van der Waals surface area contributed by atoms with Crippen LogP contribution in [0.1, 0.15) is 59.8 Å². The summed E-state index contributed by atoms with van der Waals surface area (Å²) in [6.07, 6.45) is 6.88. The number of amides is 2. The quantitative estimate of drug-likeness (QED) is 0.603. The van der Waals surface area contributed by atoms with E-state index in [0.29, 0.717) is 25.9 Å². The predicted octanol–water partition coefficient (Wildman–Crippen LogP) is 2.43. The van der Waals surface area contributed by atoms with E-state index in [1.54, 1.807) is 0 Å². The van der Waals surface area contributed by atoms with Crippen molar-refractivity contribution in [1.82, 2.24) is 10.2 Å². The Labute approximate surface area is 156 Å². The summed E-state index contributed by atoms with van der Waals surface area (Å²) in [5.41, 5.74) is -0.558.